The number of sulfonamides is 1. The van der Waals surface area contributed by atoms with Gasteiger partial charge < -0.3 is 9.52 Å². The van der Waals surface area contributed by atoms with Crippen molar-refractivity contribution >= 4 is 44.2 Å². The first-order chi connectivity index (χ1) is 21.5. The molecular formula is C36H32N2O6S. The average Bonchev–Trinajstić information content (AvgIpc) is 3.38. The highest BCUT2D eigenvalue weighted by Gasteiger charge is 2.29. The second-order valence-corrected chi connectivity index (χ2v) is 12.6. The van der Waals surface area contributed by atoms with Crippen LogP contribution in [0, 0.1) is 24.7 Å². The molecule has 1 aromatic heterocycles. The molecule has 228 valence electrons. The van der Waals surface area contributed by atoms with Gasteiger partial charge in [0.2, 0.25) is 10.0 Å². The number of hydrogen-bond acceptors (Lipinski definition) is 5. The summed E-state index contributed by atoms with van der Waals surface area (Å²) in [6.07, 6.45) is 0. The van der Waals surface area contributed by atoms with Crippen LogP contribution in [-0.4, -0.2) is 31.4 Å². The lowest BCUT2D eigenvalue weighted by Crippen LogP contribution is -2.44. The van der Waals surface area contributed by atoms with Gasteiger partial charge in [-0.1, -0.05) is 68.3 Å². The van der Waals surface area contributed by atoms with Gasteiger partial charge in [0.15, 0.2) is 5.76 Å². The number of hydrogen-bond donors (Lipinski definition) is 2. The average molecular weight is 621 g/mol. The first-order valence-corrected chi connectivity index (χ1v) is 15.8. The van der Waals surface area contributed by atoms with Crippen LogP contribution in [-0.2, 0) is 14.8 Å². The van der Waals surface area contributed by atoms with Crippen LogP contribution in [0.15, 0.2) is 106 Å². The van der Waals surface area contributed by atoms with Crippen LogP contribution in [0.3, 0.4) is 0 Å². The summed E-state index contributed by atoms with van der Waals surface area (Å²) in [5.41, 5.74) is 4.90. The molecule has 2 N–H and O–H groups in total. The van der Waals surface area contributed by atoms with Gasteiger partial charge in [0.25, 0.3) is 5.91 Å². The predicted molar refractivity (Wildman–Crippen MR) is 175 cm³/mol. The maximum atomic E-state index is 14.1. The summed E-state index contributed by atoms with van der Waals surface area (Å²) < 4.78 is 34.1. The fraction of sp³-hybridized carbons (Fsp3) is 0.167. The third-order valence-corrected chi connectivity index (χ3v) is 8.92. The Morgan fingerprint density at radius 3 is 2.02 bits per heavy atom. The number of carbonyl (C=O) groups is 2. The molecule has 1 amide bonds. The topological polar surface area (TPSA) is 117 Å². The highest BCUT2D eigenvalue weighted by atomic mass is 32.2. The van der Waals surface area contributed by atoms with Crippen molar-refractivity contribution in [3.8, 4) is 23.0 Å². The molecule has 0 aliphatic rings. The normalized spacial score (nSPS) is 12.0. The van der Waals surface area contributed by atoms with Gasteiger partial charge in [-0.3, -0.25) is 14.5 Å². The summed E-state index contributed by atoms with van der Waals surface area (Å²) in [5.74, 6) is 4.23. The van der Waals surface area contributed by atoms with Crippen molar-refractivity contribution in [2.24, 2.45) is 5.92 Å². The van der Waals surface area contributed by atoms with E-state index in [2.05, 4.69) is 16.6 Å². The molecule has 0 fully saturated rings. The molecule has 8 nitrogen and oxygen atoms in total. The lowest BCUT2D eigenvalue weighted by atomic mass is 10.0. The largest absolute Gasteiger partial charge is 0.480 e. The Hall–Kier alpha value is -5.17. The number of carboxylic acid groups (broad SMARTS) is 1. The van der Waals surface area contributed by atoms with E-state index in [4.69, 9.17) is 4.42 Å². The molecular weight excluding hydrogens is 588 g/mol. The van der Waals surface area contributed by atoms with Gasteiger partial charge in [0.05, 0.1) is 4.90 Å². The number of carbonyl (C=O) groups excluding carboxylic acids is 1. The van der Waals surface area contributed by atoms with E-state index in [0.717, 1.165) is 22.1 Å². The van der Waals surface area contributed by atoms with Gasteiger partial charge in [0, 0.05) is 27.9 Å². The van der Waals surface area contributed by atoms with Crippen molar-refractivity contribution in [3.05, 3.63) is 114 Å². The molecule has 0 aliphatic heterocycles. The number of rotatable bonds is 9. The molecule has 5 rings (SSSR count). The maximum Gasteiger partial charge on any atom is 0.322 e. The highest BCUT2D eigenvalue weighted by Crippen LogP contribution is 2.34. The van der Waals surface area contributed by atoms with Crippen LogP contribution in [0.1, 0.15) is 42.5 Å². The van der Waals surface area contributed by atoms with Gasteiger partial charge in [0.1, 0.15) is 11.6 Å². The zero-order valence-electron chi connectivity index (χ0n) is 25.2. The third kappa shape index (κ3) is 6.38. The molecule has 0 spiro atoms. The van der Waals surface area contributed by atoms with Crippen LogP contribution in [0.25, 0.3) is 22.1 Å². The molecule has 0 saturated carbocycles. The smallest absolute Gasteiger partial charge is 0.322 e. The van der Waals surface area contributed by atoms with Crippen LogP contribution >= 0.6 is 0 Å². The van der Waals surface area contributed by atoms with Crippen molar-refractivity contribution in [1.82, 2.24) is 4.72 Å². The zero-order chi connectivity index (χ0) is 32.3. The summed E-state index contributed by atoms with van der Waals surface area (Å²) in [7, 11) is -4.04. The minimum Gasteiger partial charge on any atom is -0.480 e. The number of anilines is 2. The van der Waals surface area contributed by atoms with E-state index in [-0.39, 0.29) is 16.6 Å². The van der Waals surface area contributed by atoms with Crippen LogP contribution in [0.5, 0.6) is 0 Å². The standard InChI is InChI=1S/C36H32N2O6S/c1-5-10-27-11-9-14-31-32(27)24(4)34(44-31)35(39)38(28-12-7-6-8-13-28)29-19-15-25(16-20-29)26-17-21-30(22-18-26)45(42,43)37-33(23(2)3)36(40)41/h6-9,11-23,33,37H,1-4H3,(H,40,41). The van der Waals surface area contributed by atoms with Gasteiger partial charge in [-0.15, -0.1) is 5.92 Å². The molecule has 1 heterocycles. The first-order valence-electron chi connectivity index (χ1n) is 14.3. The highest BCUT2D eigenvalue weighted by molar-refractivity contribution is 7.89. The molecule has 45 heavy (non-hydrogen) atoms. The zero-order valence-corrected chi connectivity index (χ0v) is 26.1. The summed E-state index contributed by atoms with van der Waals surface area (Å²) >= 11 is 0. The predicted octanol–water partition coefficient (Wildman–Crippen LogP) is 7.15. The number of para-hydroxylation sites is 1. The number of furan rings is 1. The van der Waals surface area contributed by atoms with Crippen LogP contribution < -0.4 is 9.62 Å². The number of fused-ring (bicyclic) bond motifs is 1. The summed E-state index contributed by atoms with van der Waals surface area (Å²) in [6.45, 7) is 6.89. The van der Waals surface area contributed by atoms with Gasteiger partial charge in [-0.25, -0.2) is 8.42 Å². The summed E-state index contributed by atoms with van der Waals surface area (Å²) in [4.78, 5) is 27.2. The fourth-order valence-corrected chi connectivity index (χ4v) is 6.48. The number of aryl methyl sites for hydroxylation is 1. The van der Waals surface area contributed by atoms with Crippen molar-refractivity contribution in [3.63, 3.8) is 0 Å². The van der Waals surface area contributed by atoms with Crippen LogP contribution in [0.4, 0.5) is 11.4 Å². The second kappa shape index (κ2) is 12.8. The Morgan fingerprint density at radius 2 is 1.44 bits per heavy atom. The maximum absolute atomic E-state index is 14.1. The molecule has 0 aliphatic carbocycles. The van der Waals surface area contributed by atoms with Crippen LogP contribution in [0.2, 0.25) is 0 Å². The Balaban J connectivity index is 1.47. The lowest BCUT2D eigenvalue weighted by molar-refractivity contribution is -0.140. The quantitative estimate of drug-likeness (QED) is 0.169. The SMILES string of the molecule is CC#Cc1cccc2oc(C(=O)N(c3ccccc3)c3ccc(-c4ccc(S(=O)(=O)NC(C(=O)O)C(C)C)cc4)cc3)c(C)c12. The second-order valence-electron chi connectivity index (χ2n) is 10.8. The number of amides is 1. The van der Waals surface area contributed by atoms with Gasteiger partial charge >= 0.3 is 5.97 Å². The Morgan fingerprint density at radius 1 is 0.844 bits per heavy atom. The molecule has 4 aromatic carbocycles. The molecule has 9 heteroatoms. The number of benzene rings is 4. The molecule has 0 bridgehead atoms. The van der Waals surface area contributed by atoms with Crippen molar-refractivity contribution in [1.29, 1.82) is 0 Å². The summed E-state index contributed by atoms with van der Waals surface area (Å²) in [5, 5.41) is 10.2. The number of carboxylic acids is 1. The van der Waals surface area contributed by atoms with Crippen molar-refractivity contribution in [2.45, 2.75) is 38.6 Å². The minimum absolute atomic E-state index is 0.0371. The Labute approximate surface area is 262 Å². The van der Waals surface area contributed by atoms with E-state index in [9.17, 15) is 23.1 Å². The molecule has 0 radical (unpaired) electrons. The van der Waals surface area contributed by atoms with E-state index in [1.165, 1.54) is 12.1 Å². The van der Waals surface area contributed by atoms with E-state index in [1.807, 2.05) is 79.7 Å². The van der Waals surface area contributed by atoms with E-state index < -0.39 is 28.0 Å². The minimum atomic E-state index is -4.04. The van der Waals surface area contributed by atoms with E-state index in [1.54, 1.807) is 37.8 Å². The van der Waals surface area contributed by atoms with Gasteiger partial charge in [-0.05, 0) is 79.4 Å². The van der Waals surface area contributed by atoms with E-state index >= 15 is 0 Å². The number of nitrogens with one attached hydrogen (secondary N) is 1. The number of nitrogens with zero attached hydrogens (tertiary/aromatic N) is 1. The molecule has 1 atom stereocenters. The number of aliphatic carboxylic acids is 1. The lowest BCUT2D eigenvalue weighted by Gasteiger charge is -2.22. The summed E-state index contributed by atoms with van der Waals surface area (Å²) in [6, 6.07) is 27.1. The fourth-order valence-electron chi connectivity index (χ4n) is 5.14. The van der Waals surface area contributed by atoms with Crippen molar-refractivity contribution < 1.29 is 27.5 Å². The first kappa shape index (κ1) is 31.3. The third-order valence-electron chi connectivity index (χ3n) is 7.46. The molecule has 5 aromatic rings. The Kier molecular flexibility index (Phi) is 8.91. The van der Waals surface area contributed by atoms with Crippen molar-refractivity contribution in [2.75, 3.05) is 4.90 Å². The van der Waals surface area contributed by atoms with Gasteiger partial charge in [-0.2, -0.15) is 4.72 Å². The monoisotopic (exact) mass is 620 g/mol. The Bertz CT molecular complexity index is 2040. The molecule has 0 saturated heterocycles. The molecule has 1 unspecified atom stereocenters. The van der Waals surface area contributed by atoms with E-state index in [0.29, 0.717) is 22.5 Å².